The fraction of sp³-hybridized carbons (Fsp3) is 0.440. The number of thiophene rings is 1. The van der Waals surface area contributed by atoms with Crippen LogP contribution in [-0.2, 0) is 17.6 Å². The van der Waals surface area contributed by atoms with Gasteiger partial charge in [-0.25, -0.2) is 14.5 Å². The van der Waals surface area contributed by atoms with Gasteiger partial charge in [0.1, 0.15) is 17.0 Å². The predicted octanol–water partition coefficient (Wildman–Crippen LogP) is 3.91. The van der Waals surface area contributed by atoms with E-state index in [0.717, 1.165) is 64.9 Å². The first-order valence-corrected chi connectivity index (χ1v) is 13.4. The monoisotopic (exact) mass is 507 g/mol. The van der Waals surface area contributed by atoms with Gasteiger partial charge in [-0.2, -0.15) is 5.10 Å². The Balaban J connectivity index is 1.11. The number of amides is 1. The number of anilines is 2. The van der Waals surface area contributed by atoms with E-state index in [2.05, 4.69) is 37.6 Å². The zero-order chi connectivity index (χ0) is 23.7. The molecule has 0 spiro atoms. The first kappa shape index (κ1) is 21.5. The molecule has 0 radical (unpaired) electrons. The van der Waals surface area contributed by atoms with Gasteiger partial charge in [-0.1, -0.05) is 11.6 Å². The highest BCUT2D eigenvalue weighted by Crippen LogP contribution is 2.48. The van der Waals surface area contributed by atoms with Crippen molar-refractivity contribution in [3.63, 3.8) is 0 Å². The summed E-state index contributed by atoms with van der Waals surface area (Å²) in [6.07, 6.45) is 8.97. The van der Waals surface area contributed by atoms with Crippen LogP contribution in [0.4, 0.5) is 11.5 Å². The normalized spacial score (nSPS) is 25.5. The van der Waals surface area contributed by atoms with Gasteiger partial charge in [0.05, 0.1) is 27.8 Å². The molecule has 3 aliphatic rings. The number of piperidine rings is 1. The minimum atomic E-state index is 0.0142. The topological polar surface area (TPSA) is 87.5 Å². The molecule has 2 aliphatic carbocycles. The van der Waals surface area contributed by atoms with Crippen LogP contribution >= 0.6 is 22.9 Å². The highest BCUT2D eigenvalue weighted by atomic mass is 35.5. The van der Waals surface area contributed by atoms with Crippen molar-refractivity contribution in [2.45, 2.75) is 31.7 Å². The van der Waals surface area contributed by atoms with Crippen LogP contribution in [0.1, 0.15) is 23.3 Å². The number of likely N-dealkylation sites (N-methyl/N-ethyl adjacent to an activating group) is 1. The summed E-state index contributed by atoms with van der Waals surface area (Å²) in [7, 11) is 2.18. The van der Waals surface area contributed by atoms with Crippen LogP contribution in [0.5, 0.6) is 0 Å². The van der Waals surface area contributed by atoms with Crippen molar-refractivity contribution in [1.29, 1.82) is 0 Å². The number of hydrogen-bond acceptors (Lipinski definition) is 7. The Hall–Kier alpha value is -2.75. The summed E-state index contributed by atoms with van der Waals surface area (Å²) >= 11 is 8.32. The molecular formula is C25H26ClN7OS. The molecule has 0 bridgehead atoms. The third kappa shape index (κ3) is 3.59. The lowest BCUT2D eigenvalue weighted by Crippen LogP contribution is -2.43. The molecule has 1 saturated carbocycles. The summed E-state index contributed by atoms with van der Waals surface area (Å²) < 4.78 is 1.74. The second-order valence-electron chi connectivity index (χ2n) is 10.1. The van der Waals surface area contributed by atoms with Gasteiger partial charge < -0.3 is 15.5 Å². The minimum Gasteiger partial charge on any atom is -0.354 e. The molecule has 4 aromatic heterocycles. The highest BCUT2D eigenvalue weighted by molar-refractivity contribution is 7.19. The average molecular weight is 508 g/mol. The Morgan fingerprint density at radius 3 is 3.09 bits per heavy atom. The number of halogens is 1. The van der Waals surface area contributed by atoms with Crippen molar-refractivity contribution in [3.8, 4) is 0 Å². The van der Waals surface area contributed by atoms with E-state index in [9.17, 15) is 4.79 Å². The van der Waals surface area contributed by atoms with Gasteiger partial charge in [0.25, 0.3) is 0 Å². The number of likely N-dealkylation sites (tertiary alicyclic amines) is 1. The van der Waals surface area contributed by atoms with E-state index in [4.69, 9.17) is 11.6 Å². The van der Waals surface area contributed by atoms with Gasteiger partial charge in [0.2, 0.25) is 5.91 Å². The lowest BCUT2D eigenvalue weighted by Gasteiger charge is -2.26. The first-order chi connectivity index (χ1) is 17.1. The van der Waals surface area contributed by atoms with Gasteiger partial charge in [-0.05, 0) is 62.3 Å². The summed E-state index contributed by atoms with van der Waals surface area (Å²) in [5, 5.41) is 12.6. The van der Waals surface area contributed by atoms with Gasteiger partial charge >= 0.3 is 0 Å². The average Bonchev–Trinajstić information content (AvgIpc) is 3.20. The maximum atomic E-state index is 13.1. The predicted molar refractivity (Wildman–Crippen MR) is 137 cm³/mol. The van der Waals surface area contributed by atoms with Crippen molar-refractivity contribution in [2.24, 2.45) is 17.8 Å². The molecule has 2 fully saturated rings. The number of pyridine rings is 1. The molecule has 5 heterocycles. The molecule has 35 heavy (non-hydrogen) atoms. The minimum absolute atomic E-state index is 0.0142. The second kappa shape index (κ2) is 8.15. The maximum Gasteiger partial charge on any atom is 0.223 e. The largest absolute Gasteiger partial charge is 0.354 e. The summed E-state index contributed by atoms with van der Waals surface area (Å²) in [6.45, 7) is 1.95. The quantitative estimate of drug-likeness (QED) is 0.426. The van der Waals surface area contributed by atoms with Crippen LogP contribution in [0.25, 0.3) is 15.7 Å². The molecule has 0 aromatic carbocycles. The Morgan fingerprint density at radius 2 is 2.23 bits per heavy atom. The van der Waals surface area contributed by atoms with E-state index in [1.165, 1.54) is 23.4 Å². The molecule has 3 unspecified atom stereocenters. The van der Waals surface area contributed by atoms with Crippen molar-refractivity contribution >= 4 is 56.1 Å². The van der Waals surface area contributed by atoms with E-state index in [0.29, 0.717) is 11.1 Å². The number of aryl methyl sites for hydroxylation is 1. The fourth-order valence-electron chi connectivity index (χ4n) is 6.06. The number of aromatic nitrogens is 4. The van der Waals surface area contributed by atoms with Crippen LogP contribution in [0, 0.1) is 17.8 Å². The third-order valence-electron chi connectivity index (χ3n) is 8.03. The standard InChI is InChI=1S/C25H26ClN7OS/c1-32-11-14-8-16(14)19(32)10-27-24(34)13-2-3-15-20(9-13)35-25-21(15)23(28-12-29-25)31-17-5-7-33-18(22(17)26)4-6-30-33/h4-7,12-14,16,19H,2-3,8-11H2,1H3,(H,27,34)(H,28,29,31)/t13-,14?,16?,19?/m0/s1. The maximum absolute atomic E-state index is 13.1. The summed E-state index contributed by atoms with van der Waals surface area (Å²) in [5.74, 6) is 2.60. The SMILES string of the molecule is CN1CC2CC2C1CNC(=O)[C@H]1CCc2c(sc3ncnc(Nc4ccn5nccc5c4Cl)c23)C1. The van der Waals surface area contributed by atoms with Gasteiger partial charge in [-0.15, -0.1) is 11.3 Å². The van der Waals surface area contributed by atoms with Crippen molar-refractivity contribution in [3.05, 3.63) is 46.3 Å². The number of carbonyl (C=O) groups excluding carboxylic acids is 1. The summed E-state index contributed by atoms with van der Waals surface area (Å²) in [5.41, 5.74) is 2.88. The molecule has 4 atom stereocenters. The number of hydrogen-bond donors (Lipinski definition) is 2. The number of rotatable bonds is 5. The van der Waals surface area contributed by atoms with E-state index < -0.39 is 0 Å². The molecule has 4 aromatic rings. The number of carbonyl (C=O) groups is 1. The molecule has 8 nitrogen and oxygen atoms in total. The number of nitrogens with one attached hydrogen (secondary N) is 2. The van der Waals surface area contributed by atoms with Crippen molar-refractivity contribution < 1.29 is 4.79 Å². The van der Waals surface area contributed by atoms with Gasteiger partial charge in [-0.3, -0.25) is 4.79 Å². The van der Waals surface area contributed by atoms with Crippen LogP contribution in [0.2, 0.25) is 5.02 Å². The van der Waals surface area contributed by atoms with Crippen LogP contribution in [0.3, 0.4) is 0 Å². The van der Waals surface area contributed by atoms with Crippen molar-refractivity contribution in [2.75, 3.05) is 25.5 Å². The zero-order valence-electron chi connectivity index (χ0n) is 19.4. The van der Waals surface area contributed by atoms with E-state index in [1.54, 1.807) is 28.4 Å². The molecular weight excluding hydrogens is 482 g/mol. The van der Waals surface area contributed by atoms with E-state index in [1.807, 2.05) is 18.3 Å². The Kier molecular flexibility index (Phi) is 5.01. The molecule has 10 heteroatoms. The molecule has 2 N–H and O–H groups in total. The van der Waals surface area contributed by atoms with Gasteiger partial charge in [0.15, 0.2) is 0 Å². The number of nitrogens with zero attached hydrogens (tertiary/aromatic N) is 5. The zero-order valence-corrected chi connectivity index (χ0v) is 20.9. The van der Waals surface area contributed by atoms with Gasteiger partial charge in [0, 0.05) is 36.1 Å². The lowest BCUT2D eigenvalue weighted by atomic mass is 9.87. The van der Waals surface area contributed by atoms with Crippen molar-refractivity contribution in [1.82, 2.24) is 29.8 Å². The smallest absolute Gasteiger partial charge is 0.223 e. The Labute approximate surface area is 211 Å². The second-order valence-corrected chi connectivity index (χ2v) is 11.5. The third-order valence-corrected chi connectivity index (χ3v) is 9.59. The van der Waals surface area contributed by atoms with Crippen LogP contribution in [0.15, 0.2) is 30.9 Å². The summed E-state index contributed by atoms with van der Waals surface area (Å²) in [6, 6.07) is 4.29. The molecule has 1 aliphatic heterocycles. The van der Waals surface area contributed by atoms with E-state index in [-0.39, 0.29) is 11.8 Å². The molecule has 1 saturated heterocycles. The van der Waals surface area contributed by atoms with Crippen LogP contribution < -0.4 is 10.6 Å². The fourth-order valence-corrected chi connectivity index (χ4v) is 7.58. The first-order valence-electron chi connectivity index (χ1n) is 12.2. The molecule has 180 valence electrons. The highest BCUT2D eigenvalue weighted by Gasteiger charge is 2.50. The Morgan fingerprint density at radius 1 is 1.31 bits per heavy atom. The number of fused-ring (bicyclic) bond motifs is 5. The Bertz CT molecular complexity index is 1460. The van der Waals surface area contributed by atoms with E-state index >= 15 is 0 Å². The van der Waals surface area contributed by atoms with Crippen LogP contribution in [-0.4, -0.2) is 56.6 Å². The molecule has 7 rings (SSSR count). The molecule has 1 amide bonds. The summed E-state index contributed by atoms with van der Waals surface area (Å²) in [4.78, 5) is 26.8. The lowest BCUT2D eigenvalue weighted by molar-refractivity contribution is -0.125.